The topological polar surface area (TPSA) is 113 Å². The molecule has 0 fully saturated rings. The van der Waals surface area contributed by atoms with Crippen LogP contribution in [0.2, 0.25) is 0 Å². The molecule has 36 heavy (non-hydrogen) atoms. The van der Waals surface area contributed by atoms with Gasteiger partial charge in [0.2, 0.25) is 5.91 Å². The maximum absolute atomic E-state index is 12.4. The molecule has 0 saturated carbocycles. The Balaban J connectivity index is 1.42. The number of aryl methyl sites for hydroxylation is 3. The highest BCUT2D eigenvalue weighted by atomic mass is 16.5. The molecule has 1 amide bonds. The fraction of sp³-hybridized carbons (Fsp3) is 0.276. The molecule has 0 atom stereocenters. The van der Waals surface area contributed by atoms with Crippen LogP contribution >= 0.6 is 0 Å². The number of benzene rings is 3. The van der Waals surface area contributed by atoms with Crippen molar-refractivity contribution in [3.05, 3.63) is 94.5 Å². The lowest BCUT2D eigenvalue weighted by molar-refractivity contribution is -0.116. The van der Waals surface area contributed by atoms with E-state index in [1.807, 2.05) is 31.2 Å². The van der Waals surface area contributed by atoms with Gasteiger partial charge in [-0.2, -0.15) is 0 Å². The zero-order valence-corrected chi connectivity index (χ0v) is 20.3. The summed E-state index contributed by atoms with van der Waals surface area (Å²) >= 11 is 0. The molecule has 7 heteroatoms. The number of unbranched alkanes of at least 4 members (excludes halogenated alkanes) is 2. The zero-order chi connectivity index (χ0) is 25.9. The third-order valence-corrected chi connectivity index (χ3v) is 5.92. The van der Waals surface area contributed by atoms with Crippen LogP contribution in [0.3, 0.4) is 0 Å². The molecular formula is C29H31NO6. The molecule has 3 aromatic rings. The maximum atomic E-state index is 12.4. The molecule has 0 aromatic heterocycles. The molecule has 7 nitrogen and oxygen atoms in total. The second-order valence-electron chi connectivity index (χ2n) is 8.65. The molecule has 3 rings (SSSR count). The second-order valence-corrected chi connectivity index (χ2v) is 8.65. The van der Waals surface area contributed by atoms with Gasteiger partial charge in [-0.15, -0.1) is 0 Å². The van der Waals surface area contributed by atoms with Gasteiger partial charge in [-0.1, -0.05) is 36.4 Å². The molecule has 0 spiro atoms. The molecule has 0 aliphatic heterocycles. The van der Waals surface area contributed by atoms with E-state index in [1.165, 1.54) is 17.7 Å². The van der Waals surface area contributed by atoms with Crippen molar-refractivity contribution in [1.29, 1.82) is 0 Å². The summed E-state index contributed by atoms with van der Waals surface area (Å²) in [4.78, 5) is 34.9. The van der Waals surface area contributed by atoms with E-state index < -0.39 is 11.9 Å². The lowest BCUT2D eigenvalue weighted by atomic mass is 10.0. The van der Waals surface area contributed by atoms with E-state index >= 15 is 0 Å². The number of rotatable bonds is 13. The molecule has 0 unspecified atom stereocenters. The van der Waals surface area contributed by atoms with Crippen molar-refractivity contribution < 1.29 is 29.3 Å². The van der Waals surface area contributed by atoms with Crippen molar-refractivity contribution in [2.24, 2.45) is 0 Å². The van der Waals surface area contributed by atoms with Crippen molar-refractivity contribution in [3.8, 4) is 5.75 Å². The van der Waals surface area contributed by atoms with E-state index in [9.17, 15) is 19.5 Å². The number of nitrogens with one attached hydrogen (secondary N) is 1. The van der Waals surface area contributed by atoms with Gasteiger partial charge in [0.1, 0.15) is 5.75 Å². The average Bonchev–Trinajstić information content (AvgIpc) is 2.86. The van der Waals surface area contributed by atoms with Gasteiger partial charge in [0.25, 0.3) is 0 Å². The van der Waals surface area contributed by atoms with Crippen molar-refractivity contribution >= 4 is 23.5 Å². The molecule has 0 heterocycles. The molecule has 3 aromatic carbocycles. The smallest absolute Gasteiger partial charge is 0.336 e. The quantitative estimate of drug-likeness (QED) is 0.263. The highest BCUT2D eigenvalue weighted by molar-refractivity contribution is 6.03. The Morgan fingerprint density at radius 2 is 1.56 bits per heavy atom. The predicted molar refractivity (Wildman–Crippen MR) is 138 cm³/mol. The molecule has 0 radical (unpaired) electrons. The first-order valence-electron chi connectivity index (χ1n) is 12.0. The predicted octanol–water partition coefficient (Wildman–Crippen LogP) is 5.75. The fourth-order valence-electron chi connectivity index (χ4n) is 3.94. The summed E-state index contributed by atoms with van der Waals surface area (Å²) in [6.07, 6.45) is 5.02. The number of aromatic carboxylic acids is 2. The standard InChI is InChI=1S/C29H31NO6/c1-20-18-24(36-17-7-3-6-10-21-8-4-2-5-9-21)14-11-22(20)12-16-27(31)30-23-13-15-25(28(32)33)26(19-23)29(34)35/h2,4-5,8-9,11,13-15,18-19H,3,6-7,10,12,16-17H2,1H3,(H,30,31)(H,32,33)(H,34,35). The number of ether oxygens (including phenoxy) is 1. The third kappa shape index (κ3) is 7.98. The Labute approximate surface area is 210 Å². The number of amides is 1. The largest absolute Gasteiger partial charge is 0.494 e. The Hall–Kier alpha value is -4.13. The van der Waals surface area contributed by atoms with Gasteiger partial charge in [0.15, 0.2) is 0 Å². The lowest BCUT2D eigenvalue weighted by Crippen LogP contribution is -2.14. The number of hydrogen-bond acceptors (Lipinski definition) is 4. The van der Waals surface area contributed by atoms with Crippen LogP contribution in [0.4, 0.5) is 5.69 Å². The minimum Gasteiger partial charge on any atom is -0.494 e. The number of anilines is 1. The SMILES string of the molecule is Cc1cc(OCCCCCc2ccccc2)ccc1CCC(=O)Nc1ccc(C(=O)O)c(C(=O)O)c1. The highest BCUT2D eigenvalue weighted by Crippen LogP contribution is 2.20. The van der Waals surface area contributed by atoms with Gasteiger partial charge in [-0.25, -0.2) is 9.59 Å². The van der Waals surface area contributed by atoms with Gasteiger partial charge < -0.3 is 20.3 Å². The minimum atomic E-state index is -1.37. The number of hydrogen-bond donors (Lipinski definition) is 3. The molecular weight excluding hydrogens is 458 g/mol. The van der Waals surface area contributed by atoms with Gasteiger partial charge in [0.05, 0.1) is 17.7 Å². The first kappa shape index (κ1) is 26.5. The molecule has 3 N–H and O–H groups in total. The average molecular weight is 490 g/mol. The van der Waals surface area contributed by atoms with Crippen LogP contribution in [0.5, 0.6) is 5.75 Å². The number of carboxylic acids is 2. The van der Waals surface area contributed by atoms with Crippen LogP contribution < -0.4 is 10.1 Å². The maximum Gasteiger partial charge on any atom is 0.336 e. The van der Waals surface area contributed by atoms with E-state index in [2.05, 4.69) is 29.6 Å². The van der Waals surface area contributed by atoms with Crippen LogP contribution in [0.25, 0.3) is 0 Å². The number of carboxylic acid groups (broad SMARTS) is 2. The van der Waals surface area contributed by atoms with E-state index in [1.54, 1.807) is 0 Å². The van der Waals surface area contributed by atoms with Gasteiger partial charge in [0, 0.05) is 12.1 Å². The highest BCUT2D eigenvalue weighted by Gasteiger charge is 2.17. The number of carbonyl (C=O) groups is 3. The van der Waals surface area contributed by atoms with Crippen LogP contribution in [0.1, 0.15) is 63.1 Å². The summed E-state index contributed by atoms with van der Waals surface area (Å²) < 4.78 is 5.89. The van der Waals surface area contributed by atoms with Crippen molar-refractivity contribution in [2.45, 2.75) is 45.4 Å². The van der Waals surface area contributed by atoms with Crippen molar-refractivity contribution in [2.75, 3.05) is 11.9 Å². The Morgan fingerprint density at radius 1 is 0.806 bits per heavy atom. The van der Waals surface area contributed by atoms with Crippen LogP contribution in [0, 0.1) is 6.92 Å². The summed E-state index contributed by atoms with van der Waals surface area (Å²) in [5.41, 5.74) is 2.95. The van der Waals surface area contributed by atoms with E-state index in [-0.39, 0.29) is 29.1 Å². The molecule has 0 aliphatic carbocycles. The first-order valence-corrected chi connectivity index (χ1v) is 12.0. The summed E-state index contributed by atoms with van der Waals surface area (Å²) in [6.45, 7) is 2.64. The lowest BCUT2D eigenvalue weighted by Gasteiger charge is -2.11. The number of carbonyl (C=O) groups excluding carboxylic acids is 1. The van der Waals surface area contributed by atoms with Crippen LogP contribution in [-0.2, 0) is 17.6 Å². The molecule has 0 saturated heterocycles. The van der Waals surface area contributed by atoms with Gasteiger partial charge >= 0.3 is 11.9 Å². The van der Waals surface area contributed by atoms with E-state index in [4.69, 9.17) is 9.84 Å². The summed E-state index contributed by atoms with van der Waals surface area (Å²) in [6, 6.07) is 20.0. The zero-order valence-electron chi connectivity index (χ0n) is 20.3. The molecule has 0 bridgehead atoms. The normalized spacial score (nSPS) is 10.6. The second kappa shape index (κ2) is 13.1. The first-order chi connectivity index (χ1) is 17.3. The minimum absolute atomic E-state index is 0.200. The third-order valence-electron chi connectivity index (χ3n) is 5.92. The van der Waals surface area contributed by atoms with Gasteiger partial charge in [-0.3, -0.25) is 4.79 Å². The summed E-state index contributed by atoms with van der Waals surface area (Å²) in [5, 5.41) is 21.0. The van der Waals surface area contributed by atoms with Crippen molar-refractivity contribution in [1.82, 2.24) is 0 Å². The van der Waals surface area contributed by atoms with Crippen LogP contribution in [-0.4, -0.2) is 34.7 Å². The van der Waals surface area contributed by atoms with Gasteiger partial charge in [-0.05, 0) is 86.1 Å². The fourth-order valence-corrected chi connectivity index (χ4v) is 3.94. The van der Waals surface area contributed by atoms with Crippen LogP contribution in [0.15, 0.2) is 66.7 Å². The monoisotopic (exact) mass is 489 g/mol. The Morgan fingerprint density at radius 3 is 2.25 bits per heavy atom. The van der Waals surface area contributed by atoms with Crippen molar-refractivity contribution in [3.63, 3.8) is 0 Å². The summed E-state index contributed by atoms with van der Waals surface area (Å²) in [7, 11) is 0. The summed E-state index contributed by atoms with van der Waals surface area (Å²) in [5.74, 6) is -2.18. The Bertz CT molecular complexity index is 1210. The van der Waals surface area contributed by atoms with E-state index in [0.717, 1.165) is 48.6 Å². The Kier molecular flexibility index (Phi) is 9.63. The molecule has 0 aliphatic rings. The molecule has 188 valence electrons. The van der Waals surface area contributed by atoms with E-state index in [0.29, 0.717) is 13.0 Å².